The standard InChI is InChI=1S/C6H9F3S/c7-6(8,9)5-3-1-2-4-10-5/h5H,1-4H2. The molecule has 1 unspecified atom stereocenters. The van der Waals surface area contributed by atoms with Gasteiger partial charge in [-0.1, -0.05) is 6.42 Å². The molecule has 10 heavy (non-hydrogen) atoms. The fraction of sp³-hybridized carbons (Fsp3) is 1.00. The number of rotatable bonds is 0. The van der Waals surface area contributed by atoms with Crippen molar-refractivity contribution < 1.29 is 13.2 Å². The zero-order chi connectivity index (χ0) is 7.61. The van der Waals surface area contributed by atoms with Crippen molar-refractivity contribution >= 4 is 11.8 Å². The van der Waals surface area contributed by atoms with Crippen molar-refractivity contribution in [3.05, 3.63) is 0 Å². The van der Waals surface area contributed by atoms with E-state index in [-0.39, 0.29) is 0 Å². The van der Waals surface area contributed by atoms with Gasteiger partial charge in [-0.05, 0) is 18.6 Å². The number of hydrogen-bond donors (Lipinski definition) is 0. The second-order valence-electron chi connectivity index (χ2n) is 2.40. The molecule has 1 atom stereocenters. The zero-order valence-electron chi connectivity index (χ0n) is 5.45. The van der Waals surface area contributed by atoms with E-state index < -0.39 is 11.4 Å². The molecule has 1 saturated heterocycles. The maximum absolute atomic E-state index is 11.9. The van der Waals surface area contributed by atoms with Crippen LogP contribution in [0.4, 0.5) is 13.2 Å². The summed E-state index contributed by atoms with van der Waals surface area (Å²) < 4.78 is 35.8. The molecule has 0 aromatic heterocycles. The maximum atomic E-state index is 11.9. The minimum Gasteiger partial charge on any atom is -0.170 e. The van der Waals surface area contributed by atoms with Crippen LogP contribution in [-0.4, -0.2) is 17.2 Å². The molecule has 0 bridgehead atoms. The zero-order valence-corrected chi connectivity index (χ0v) is 6.26. The summed E-state index contributed by atoms with van der Waals surface area (Å²) in [7, 11) is 0. The molecule has 0 aromatic rings. The minimum atomic E-state index is -3.97. The fourth-order valence-electron chi connectivity index (χ4n) is 0.999. The smallest absolute Gasteiger partial charge is 0.170 e. The molecule has 0 saturated carbocycles. The minimum absolute atomic E-state index is 0.314. The Hall–Kier alpha value is 0.140. The Bertz CT molecular complexity index is 104. The lowest BCUT2D eigenvalue weighted by Crippen LogP contribution is -2.28. The lowest BCUT2D eigenvalue weighted by atomic mass is 10.2. The molecule has 0 aromatic carbocycles. The Balaban J connectivity index is 2.39. The van der Waals surface area contributed by atoms with E-state index in [4.69, 9.17) is 0 Å². The molecule has 0 radical (unpaired) electrons. The third-order valence-corrected chi connectivity index (χ3v) is 2.97. The molecule has 0 amide bonds. The van der Waals surface area contributed by atoms with Crippen molar-refractivity contribution in [2.45, 2.75) is 30.7 Å². The topological polar surface area (TPSA) is 0 Å². The molecule has 0 aliphatic carbocycles. The second kappa shape index (κ2) is 3.03. The molecule has 60 valence electrons. The summed E-state index contributed by atoms with van der Waals surface area (Å²) in [5, 5.41) is -1.08. The van der Waals surface area contributed by atoms with Crippen molar-refractivity contribution in [2.24, 2.45) is 0 Å². The van der Waals surface area contributed by atoms with Gasteiger partial charge in [-0.2, -0.15) is 13.2 Å². The molecule has 0 spiro atoms. The molecular weight excluding hydrogens is 161 g/mol. The number of hydrogen-bond acceptors (Lipinski definition) is 1. The first-order chi connectivity index (χ1) is 4.61. The van der Waals surface area contributed by atoms with Crippen LogP contribution in [0.15, 0.2) is 0 Å². The second-order valence-corrected chi connectivity index (χ2v) is 3.71. The third kappa shape index (κ3) is 2.08. The fourth-order valence-corrected chi connectivity index (χ4v) is 2.18. The van der Waals surface area contributed by atoms with Crippen LogP contribution in [0.1, 0.15) is 19.3 Å². The largest absolute Gasteiger partial charge is 0.400 e. The van der Waals surface area contributed by atoms with Gasteiger partial charge in [0.1, 0.15) is 5.25 Å². The van der Waals surface area contributed by atoms with Gasteiger partial charge in [-0.15, -0.1) is 11.8 Å². The van der Waals surface area contributed by atoms with Gasteiger partial charge in [0.2, 0.25) is 0 Å². The van der Waals surface area contributed by atoms with Crippen LogP contribution >= 0.6 is 11.8 Å². The average molecular weight is 170 g/mol. The van der Waals surface area contributed by atoms with E-state index in [1.165, 1.54) is 0 Å². The van der Waals surface area contributed by atoms with E-state index in [9.17, 15) is 13.2 Å². The van der Waals surface area contributed by atoms with E-state index in [0.29, 0.717) is 12.2 Å². The Morgan fingerprint density at radius 1 is 1.20 bits per heavy atom. The third-order valence-electron chi connectivity index (χ3n) is 1.54. The molecule has 0 N–H and O–H groups in total. The van der Waals surface area contributed by atoms with Gasteiger partial charge >= 0.3 is 6.18 Å². The molecule has 1 aliphatic heterocycles. The molecule has 1 rings (SSSR count). The first kappa shape index (κ1) is 8.24. The highest BCUT2D eigenvalue weighted by Gasteiger charge is 2.40. The van der Waals surface area contributed by atoms with E-state index in [1.54, 1.807) is 0 Å². The first-order valence-electron chi connectivity index (χ1n) is 3.29. The van der Waals surface area contributed by atoms with Crippen molar-refractivity contribution in [3.63, 3.8) is 0 Å². The highest BCUT2D eigenvalue weighted by molar-refractivity contribution is 8.00. The van der Waals surface area contributed by atoms with Crippen LogP contribution < -0.4 is 0 Å². The van der Waals surface area contributed by atoms with Gasteiger partial charge in [0.25, 0.3) is 0 Å². The molecule has 0 nitrogen and oxygen atoms in total. The monoisotopic (exact) mass is 170 g/mol. The van der Waals surface area contributed by atoms with Crippen molar-refractivity contribution in [1.82, 2.24) is 0 Å². The van der Waals surface area contributed by atoms with E-state index in [1.807, 2.05) is 0 Å². The van der Waals surface area contributed by atoms with Crippen molar-refractivity contribution in [1.29, 1.82) is 0 Å². The first-order valence-corrected chi connectivity index (χ1v) is 4.34. The van der Waals surface area contributed by atoms with Crippen LogP contribution in [0, 0.1) is 0 Å². The van der Waals surface area contributed by atoms with Gasteiger partial charge in [0.05, 0.1) is 0 Å². The van der Waals surface area contributed by atoms with Crippen molar-refractivity contribution in [2.75, 3.05) is 5.75 Å². The summed E-state index contributed by atoms with van der Waals surface area (Å²) in [4.78, 5) is 0. The predicted octanol–water partition coefficient (Wildman–Crippen LogP) is 2.83. The molecule has 1 heterocycles. The van der Waals surface area contributed by atoms with Crippen molar-refractivity contribution in [3.8, 4) is 0 Å². The normalized spacial score (nSPS) is 28.5. The van der Waals surface area contributed by atoms with Gasteiger partial charge in [0.15, 0.2) is 0 Å². The summed E-state index contributed by atoms with van der Waals surface area (Å²) in [6.45, 7) is 0. The van der Waals surface area contributed by atoms with Gasteiger partial charge in [-0.3, -0.25) is 0 Å². The average Bonchev–Trinajstić information content (AvgIpc) is 1.88. The number of halogens is 3. The van der Waals surface area contributed by atoms with Crippen LogP contribution in [0.25, 0.3) is 0 Å². The molecule has 4 heteroatoms. The van der Waals surface area contributed by atoms with Gasteiger partial charge in [0, 0.05) is 0 Å². The van der Waals surface area contributed by atoms with E-state index in [0.717, 1.165) is 24.6 Å². The van der Waals surface area contributed by atoms with E-state index >= 15 is 0 Å². The molecular formula is C6H9F3S. The van der Waals surface area contributed by atoms with Crippen LogP contribution in [0.2, 0.25) is 0 Å². The summed E-state index contributed by atoms with van der Waals surface area (Å²) in [5.41, 5.74) is 0. The van der Waals surface area contributed by atoms with Crippen LogP contribution in [0.5, 0.6) is 0 Å². The van der Waals surface area contributed by atoms with E-state index in [2.05, 4.69) is 0 Å². The lowest BCUT2D eigenvalue weighted by Gasteiger charge is -2.23. The quantitative estimate of drug-likeness (QED) is 0.538. The van der Waals surface area contributed by atoms with Crippen LogP contribution in [-0.2, 0) is 0 Å². The highest BCUT2D eigenvalue weighted by Crippen LogP contribution is 2.37. The van der Waals surface area contributed by atoms with Crippen LogP contribution in [0.3, 0.4) is 0 Å². The Morgan fingerprint density at radius 3 is 2.20 bits per heavy atom. The number of alkyl halides is 3. The Kier molecular flexibility index (Phi) is 2.50. The predicted molar refractivity (Wildman–Crippen MR) is 36.2 cm³/mol. The summed E-state index contributed by atoms with van der Waals surface area (Å²) >= 11 is 1.05. The summed E-state index contributed by atoms with van der Waals surface area (Å²) in [6.07, 6.45) is -1.98. The van der Waals surface area contributed by atoms with Gasteiger partial charge < -0.3 is 0 Å². The Morgan fingerprint density at radius 2 is 1.90 bits per heavy atom. The lowest BCUT2D eigenvalue weighted by molar-refractivity contribution is -0.130. The van der Waals surface area contributed by atoms with Gasteiger partial charge in [-0.25, -0.2) is 0 Å². The molecule has 1 fully saturated rings. The maximum Gasteiger partial charge on any atom is 0.400 e. The molecule has 1 aliphatic rings. The highest BCUT2D eigenvalue weighted by atomic mass is 32.2. The number of thioether (sulfide) groups is 1. The SMILES string of the molecule is FC(F)(F)C1CCCCS1. The Labute approximate surface area is 62.2 Å². The summed E-state index contributed by atoms with van der Waals surface area (Å²) in [6, 6.07) is 0. The summed E-state index contributed by atoms with van der Waals surface area (Å²) in [5.74, 6) is 0.671.